The molecule has 0 radical (unpaired) electrons. The fourth-order valence-corrected chi connectivity index (χ4v) is 2.84. The minimum Gasteiger partial charge on any atom is -0.427 e. The number of fused-ring (bicyclic) bond motifs is 1. The van der Waals surface area contributed by atoms with Gasteiger partial charge >= 0.3 is 5.97 Å². The normalized spacial score (nSPS) is 13.0. The zero-order chi connectivity index (χ0) is 18.5. The first-order valence-electron chi connectivity index (χ1n) is 8.48. The number of carbonyl (C=O) groups excluding carboxylic acids is 3. The third kappa shape index (κ3) is 3.96. The van der Waals surface area contributed by atoms with E-state index in [1.54, 1.807) is 24.3 Å². The molecule has 6 heteroatoms. The smallest absolute Gasteiger partial charge is 0.311 e. The summed E-state index contributed by atoms with van der Waals surface area (Å²) in [6.45, 7) is 0.333. The molecule has 0 saturated heterocycles. The lowest BCUT2D eigenvalue weighted by molar-refractivity contribution is -0.134. The van der Waals surface area contributed by atoms with Crippen molar-refractivity contribution in [2.45, 2.75) is 25.7 Å². The van der Waals surface area contributed by atoms with Crippen LogP contribution in [0.3, 0.4) is 0 Å². The van der Waals surface area contributed by atoms with Crippen LogP contribution < -0.4 is 4.74 Å². The van der Waals surface area contributed by atoms with E-state index in [4.69, 9.17) is 4.74 Å². The first-order valence-corrected chi connectivity index (χ1v) is 8.48. The van der Waals surface area contributed by atoms with Gasteiger partial charge in [-0.3, -0.25) is 19.3 Å². The Bertz CT molecular complexity index is 797. The summed E-state index contributed by atoms with van der Waals surface area (Å²) in [5.74, 6) is -1.000. The Morgan fingerprint density at radius 2 is 1.50 bits per heavy atom. The molecule has 5 nitrogen and oxygen atoms in total. The van der Waals surface area contributed by atoms with Crippen LogP contribution in [0.1, 0.15) is 46.4 Å². The number of halogens is 1. The summed E-state index contributed by atoms with van der Waals surface area (Å²) in [6.07, 6.45) is 2.11. The van der Waals surface area contributed by atoms with Gasteiger partial charge in [-0.15, -0.1) is 0 Å². The minimum atomic E-state index is -0.391. The maximum Gasteiger partial charge on any atom is 0.311 e. The molecule has 1 heterocycles. The standard InChI is InChI=1S/C20H18FNO4/c21-14-9-11-15(12-10-14)26-18(23)8-2-1-5-13-22-19(24)16-6-3-4-7-17(16)20(22)25/h3-4,6-7,9-12H,1-2,5,8,13H2. The summed E-state index contributed by atoms with van der Waals surface area (Å²) in [4.78, 5) is 37.4. The van der Waals surface area contributed by atoms with Gasteiger partial charge in [0.25, 0.3) is 11.8 Å². The lowest BCUT2D eigenvalue weighted by atomic mass is 10.1. The maximum absolute atomic E-state index is 12.8. The molecule has 0 saturated carbocycles. The first-order chi connectivity index (χ1) is 12.6. The van der Waals surface area contributed by atoms with Crippen LogP contribution in [-0.2, 0) is 4.79 Å². The fraction of sp³-hybridized carbons (Fsp3) is 0.250. The molecule has 0 atom stereocenters. The molecule has 26 heavy (non-hydrogen) atoms. The monoisotopic (exact) mass is 355 g/mol. The zero-order valence-corrected chi connectivity index (χ0v) is 14.1. The van der Waals surface area contributed by atoms with Crippen molar-refractivity contribution in [2.24, 2.45) is 0 Å². The van der Waals surface area contributed by atoms with Gasteiger partial charge in [0.15, 0.2) is 0 Å². The number of rotatable bonds is 7. The molecule has 0 bridgehead atoms. The van der Waals surface area contributed by atoms with Crippen LogP contribution in [-0.4, -0.2) is 29.2 Å². The van der Waals surface area contributed by atoms with Crippen molar-refractivity contribution in [2.75, 3.05) is 6.54 Å². The average Bonchev–Trinajstić information content (AvgIpc) is 2.88. The van der Waals surface area contributed by atoms with E-state index < -0.39 is 11.8 Å². The van der Waals surface area contributed by atoms with Crippen molar-refractivity contribution in [1.29, 1.82) is 0 Å². The highest BCUT2D eigenvalue weighted by atomic mass is 19.1. The van der Waals surface area contributed by atoms with E-state index in [1.807, 2.05) is 0 Å². The molecular formula is C20H18FNO4. The maximum atomic E-state index is 12.8. The fourth-order valence-electron chi connectivity index (χ4n) is 2.84. The first kappa shape index (κ1) is 17.8. The second-order valence-corrected chi connectivity index (χ2v) is 6.05. The second-order valence-electron chi connectivity index (χ2n) is 6.05. The second kappa shape index (κ2) is 7.91. The Morgan fingerprint density at radius 3 is 2.12 bits per heavy atom. The number of benzene rings is 2. The number of carbonyl (C=O) groups is 3. The molecule has 1 aliphatic heterocycles. The van der Waals surface area contributed by atoms with Crippen LogP contribution in [0.25, 0.3) is 0 Å². The number of ether oxygens (including phenoxy) is 1. The van der Waals surface area contributed by atoms with Crippen molar-refractivity contribution in [3.05, 3.63) is 65.5 Å². The summed E-state index contributed by atoms with van der Waals surface area (Å²) in [7, 11) is 0. The van der Waals surface area contributed by atoms with E-state index in [0.717, 1.165) is 0 Å². The molecule has 0 N–H and O–H groups in total. The van der Waals surface area contributed by atoms with E-state index in [1.165, 1.54) is 29.2 Å². The van der Waals surface area contributed by atoms with Crippen LogP contribution in [0.15, 0.2) is 48.5 Å². The third-order valence-electron chi connectivity index (χ3n) is 4.19. The number of imide groups is 1. The summed E-state index contributed by atoms with van der Waals surface area (Å²) in [5.41, 5.74) is 0.890. The third-order valence-corrected chi connectivity index (χ3v) is 4.19. The number of hydrogen-bond donors (Lipinski definition) is 0. The summed E-state index contributed by atoms with van der Waals surface area (Å²) in [6, 6.07) is 12.0. The van der Waals surface area contributed by atoms with Crippen molar-refractivity contribution in [3.8, 4) is 5.75 Å². The predicted molar refractivity (Wildman–Crippen MR) is 92.3 cm³/mol. The Hall–Kier alpha value is -3.02. The molecule has 0 fully saturated rings. The van der Waals surface area contributed by atoms with Crippen molar-refractivity contribution >= 4 is 17.8 Å². The van der Waals surface area contributed by atoms with Gasteiger partial charge in [-0.2, -0.15) is 0 Å². The summed E-state index contributed by atoms with van der Waals surface area (Å²) in [5, 5.41) is 0. The van der Waals surface area contributed by atoms with E-state index in [-0.39, 0.29) is 18.2 Å². The van der Waals surface area contributed by atoms with Gasteiger partial charge in [-0.25, -0.2) is 4.39 Å². The van der Waals surface area contributed by atoms with E-state index >= 15 is 0 Å². The Balaban J connectivity index is 1.38. The molecule has 3 rings (SSSR count). The van der Waals surface area contributed by atoms with Crippen LogP contribution in [0.2, 0.25) is 0 Å². The Morgan fingerprint density at radius 1 is 0.885 bits per heavy atom. The van der Waals surface area contributed by atoms with Crippen LogP contribution in [0.4, 0.5) is 4.39 Å². The molecule has 0 unspecified atom stereocenters. The van der Waals surface area contributed by atoms with Crippen molar-refractivity contribution in [3.63, 3.8) is 0 Å². The molecule has 0 spiro atoms. The molecule has 2 amide bonds. The van der Waals surface area contributed by atoms with E-state index in [9.17, 15) is 18.8 Å². The number of unbranched alkanes of at least 4 members (excludes halogenated alkanes) is 2. The van der Waals surface area contributed by atoms with Crippen LogP contribution in [0.5, 0.6) is 5.75 Å². The van der Waals surface area contributed by atoms with Gasteiger partial charge in [0.1, 0.15) is 11.6 Å². The summed E-state index contributed by atoms with van der Waals surface area (Å²) >= 11 is 0. The molecule has 0 aliphatic carbocycles. The number of amides is 2. The molecular weight excluding hydrogens is 337 g/mol. The van der Waals surface area contributed by atoms with Crippen LogP contribution >= 0.6 is 0 Å². The Labute approximate surface area is 150 Å². The lowest BCUT2D eigenvalue weighted by Gasteiger charge is -2.13. The van der Waals surface area contributed by atoms with Crippen molar-refractivity contribution < 1.29 is 23.5 Å². The van der Waals surface area contributed by atoms with Crippen LogP contribution in [0, 0.1) is 5.82 Å². The topological polar surface area (TPSA) is 63.7 Å². The summed E-state index contributed by atoms with van der Waals surface area (Å²) < 4.78 is 17.9. The number of esters is 1. The largest absolute Gasteiger partial charge is 0.427 e. The molecule has 2 aromatic carbocycles. The quantitative estimate of drug-likeness (QED) is 0.330. The highest BCUT2D eigenvalue weighted by Crippen LogP contribution is 2.23. The van der Waals surface area contributed by atoms with Gasteiger partial charge in [0.05, 0.1) is 11.1 Å². The highest BCUT2D eigenvalue weighted by molar-refractivity contribution is 6.21. The minimum absolute atomic E-state index is 0.222. The highest BCUT2D eigenvalue weighted by Gasteiger charge is 2.34. The SMILES string of the molecule is O=C(CCCCCN1C(=O)c2ccccc2C1=O)Oc1ccc(F)cc1. The van der Waals surface area contributed by atoms with E-state index in [0.29, 0.717) is 42.7 Å². The van der Waals surface area contributed by atoms with Gasteiger partial charge < -0.3 is 4.74 Å². The van der Waals surface area contributed by atoms with Gasteiger partial charge in [-0.05, 0) is 49.2 Å². The Kier molecular flexibility index (Phi) is 5.41. The molecule has 1 aliphatic rings. The van der Waals surface area contributed by atoms with Gasteiger partial charge in [-0.1, -0.05) is 18.6 Å². The molecule has 134 valence electrons. The average molecular weight is 355 g/mol. The van der Waals surface area contributed by atoms with Crippen molar-refractivity contribution in [1.82, 2.24) is 4.90 Å². The van der Waals surface area contributed by atoms with Gasteiger partial charge in [0, 0.05) is 13.0 Å². The molecule has 0 aromatic heterocycles. The lowest BCUT2D eigenvalue weighted by Crippen LogP contribution is -2.30. The molecule has 2 aromatic rings. The zero-order valence-electron chi connectivity index (χ0n) is 14.1. The number of hydrogen-bond acceptors (Lipinski definition) is 4. The number of nitrogens with zero attached hydrogens (tertiary/aromatic N) is 1. The predicted octanol–water partition coefficient (Wildman–Crippen LogP) is 3.59. The van der Waals surface area contributed by atoms with Gasteiger partial charge in [0.2, 0.25) is 0 Å². The van der Waals surface area contributed by atoms with E-state index in [2.05, 4.69) is 0 Å².